The monoisotopic (exact) mass is 328 g/mol. The maximum Gasteiger partial charge on any atom is 0.237 e. The van der Waals surface area contributed by atoms with Crippen molar-refractivity contribution in [1.29, 1.82) is 0 Å². The average Bonchev–Trinajstić information content (AvgIpc) is 3.29. The van der Waals surface area contributed by atoms with Gasteiger partial charge in [-0.2, -0.15) is 0 Å². The van der Waals surface area contributed by atoms with E-state index in [4.69, 9.17) is 0 Å². The zero-order valence-electron chi connectivity index (χ0n) is 13.2. The van der Waals surface area contributed by atoms with Crippen LogP contribution in [0.3, 0.4) is 0 Å². The third-order valence-corrected chi connectivity index (χ3v) is 3.87. The van der Waals surface area contributed by atoms with E-state index in [0.717, 1.165) is 25.1 Å². The van der Waals surface area contributed by atoms with Crippen LogP contribution in [0, 0.1) is 0 Å². The summed E-state index contributed by atoms with van der Waals surface area (Å²) in [5.41, 5.74) is 1.56. The Morgan fingerprint density at radius 2 is 2.12 bits per heavy atom. The quantitative estimate of drug-likeness (QED) is 0.715. The van der Waals surface area contributed by atoms with Gasteiger partial charge in [0.05, 0.1) is 24.1 Å². The molecule has 1 unspecified atom stereocenters. The zero-order chi connectivity index (χ0) is 16.8. The van der Waals surface area contributed by atoms with Crippen LogP contribution in [-0.4, -0.2) is 45.9 Å². The van der Waals surface area contributed by atoms with E-state index in [2.05, 4.69) is 26.3 Å². The fourth-order valence-electron chi connectivity index (χ4n) is 2.60. The summed E-state index contributed by atoms with van der Waals surface area (Å²) in [6.07, 6.45) is 5.46. The lowest BCUT2D eigenvalue weighted by Gasteiger charge is -2.11. The molecule has 24 heavy (non-hydrogen) atoms. The van der Waals surface area contributed by atoms with Crippen LogP contribution in [0.2, 0.25) is 0 Å². The van der Waals surface area contributed by atoms with E-state index in [1.54, 1.807) is 29.2 Å². The molecule has 1 aromatic carbocycles. The van der Waals surface area contributed by atoms with Crippen molar-refractivity contribution in [3.8, 4) is 5.69 Å². The van der Waals surface area contributed by atoms with Crippen LogP contribution in [0.4, 0.5) is 5.69 Å². The summed E-state index contributed by atoms with van der Waals surface area (Å²) in [7, 11) is 0. The van der Waals surface area contributed by atoms with Crippen molar-refractivity contribution in [1.82, 2.24) is 25.6 Å². The minimum Gasteiger partial charge on any atom is -0.354 e. The van der Waals surface area contributed by atoms with Gasteiger partial charge in [-0.1, -0.05) is 5.21 Å². The molecule has 2 heterocycles. The molecule has 1 fully saturated rings. The van der Waals surface area contributed by atoms with Gasteiger partial charge in [0.2, 0.25) is 11.8 Å². The summed E-state index contributed by atoms with van der Waals surface area (Å²) in [5, 5.41) is 16.4. The second-order valence-corrected chi connectivity index (χ2v) is 5.63. The van der Waals surface area contributed by atoms with Gasteiger partial charge < -0.3 is 16.0 Å². The van der Waals surface area contributed by atoms with E-state index in [9.17, 15) is 9.59 Å². The summed E-state index contributed by atoms with van der Waals surface area (Å²) in [5.74, 6) is -0.166. The third-order valence-electron chi connectivity index (χ3n) is 3.87. The molecular formula is C16H20N6O2. The van der Waals surface area contributed by atoms with Crippen molar-refractivity contribution >= 4 is 17.5 Å². The lowest BCUT2D eigenvalue weighted by Crippen LogP contribution is -2.41. The summed E-state index contributed by atoms with van der Waals surface area (Å²) in [6, 6.07) is 7.18. The molecule has 3 rings (SSSR count). The van der Waals surface area contributed by atoms with Gasteiger partial charge in [0.1, 0.15) is 0 Å². The van der Waals surface area contributed by atoms with E-state index in [-0.39, 0.29) is 24.3 Å². The Morgan fingerprint density at radius 3 is 2.79 bits per heavy atom. The van der Waals surface area contributed by atoms with Crippen LogP contribution < -0.4 is 16.0 Å². The minimum atomic E-state index is -0.136. The molecular weight excluding hydrogens is 308 g/mol. The molecule has 0 aliphatic carbocycles. The normalized spacial score (nSPS) is 16.8. The first kappa shape index (κ1) is 16.1. The highest BCUT2D eigenvalue weighted by Gasteiger charge is 2.21. The summed E-state index contributed by atoms with van der Waals surface area (Å²) < 4.78 is 1.64. The minimum absolute atomic E-state index is 0.0301. The Bertz CT molecular complexity index is 677. The lowest BCUT2D eigenvalue weighted by molar-refractivity contribution is -0.122. The van der Waals surface area contributed by atoms with E-state index in [1.807, 2.05) is 12.1 Å². The number of hydrogen-bond donors (Lipinski definition) is 3. The Balaban J connectivity index is 1.42. The van der Waals surface area contributed by atoms with Crippen LogP contribution in [0.1, 0.15) is 19.3 Å². The number of carbonyl (C=O) groups excluding carboxylic acids is 2. The molecule has 8 nitrogen and oxygen atoms in total. The van der Waals surface area contributed by atoms with Gasteiger partial charge in [-0.25, -0.2) is 4.68 Å². The fraction of sp³-hybridized carbons (Fsp3) is 0.375. The Labute approximate surface area is 139 Å². The lowest BCUT2D eigenvalue weighted by atomic mass is 10.2. The molecule has 126 valence electrons. The Morgan fingerprint density at radius 1 is 1.29 bits per heavy atom. The van der Waals surface area contributed by atoms with Crippen molar-refractivity contribution in [2.75, 3.05) is 18.4 Å². The van der Waals surface area contributed by atoms with Crippen molar-refractivity contribution < 1.29 is 9.59 Å². The van der Waals surface area contributed by atoms with Gasteiger partial charge in [0.15, 0.2) is 0 Å². The van der Waals surface area contributed by atoms with Gasteiger partial charge in [-0.05, 0) is 43.7 Å². The molecule has 0 bridgehead atoms. The molecule has 1 saturated heterocycles. The number of hydrogen-bond acceptors (Lipinski definition) is 5. The van der Waals surface area contributed by atoms with Gasteiger partial charge in [0.25, 0.3) is 0 Å². The van der Waals surface area contributed by atoms with Gasteiger partial charge in [-0.3, -0.25) is 9.59 Å². The van der Waals surface area contributed by atoms with E-state index in [1.165, 1.54) is 0 Å². The largest absolute Gasteiger partial charge is 0.354 e. The molecule has 0 spiro atoms. The number of rotatable bonds is 6. The van der Waals surface area contributed by atoms with Gasteiger partial charge >= 0.3 is 0 Å². The SMILES string of the molecule is O=C(CCNC(=O)C1CCCN1)Nc1ccc(-n2ccnn2)cc1. The molecule has 2 amide bonds. The van der Waals surface area contributed by atoms with Crippen molar-refractivity contribution in [3.05, 3.63) is 36.7 Å². The van der Waals surface area contributed by atoms with Crippen LogP contribution in [0.25, 0.3) is 5.69 Å². The molecule has 1 atom stereocenters. The predicted octanol–water partition coefficient (Wildman–Crippen LogP) is 0.464. The highest BCUT2D eigenvalue weighted by molar-refractivity contribution is 5.91. The van der Waals surface area contributed by atoms with E-state index in [0.29, 0.717) is 12.2 Å². The maximum absolute atomic E-state index is 11.9. The second-order valence-electron chi connectivity index (χ2n) is 5.63. The summed E-state index contributed by atoms with van der Waals surface area (Å²) >= 11 is 0. The van der Waals surface area contributed by atoms with Crippen molar-refractivity contribution in [3.63, 3.8) is 0 Å². The summed E-state index contributed by atoms with van der Waals surface area (Å²) in [6.45, 7) is 1.21. The van der Waals surface area contributed by atoms with E-state index >= 15 is 0 Å². The first-order valence-corrected chi connectivity index (χ1v) is 8.00. The zero-order valence-corrected chi connectivity index (χ0v) is 13.2. The first-order chi connectivity index (χ1) is 11.7. The molecule has 1 aromatic heterocycles. The maximum atomic E-state index is 11.9. The Kier molecular flexibility index (Phi) is 5.17. The van der Waals surface area contributed by atoms with Gasteiger partial charge in [-0.15, -0.1) is 5.10 Å². The van der Waals surface area contributed by atoms with Crippen molar-refractivity contribution in [2.24, 2.45) is 0 Å². The predicted molar refractivity (Wildman–Crippen MR) is 88.6 cm³/mol. The van der Waals surface area contributed by atoms with Crippen LogP contribution >= 0.6 is 0 Å². The molecule has 1 aliphatic heterocycles. The standard InChI is InChI=1S/C16H20N6O2/c23-15(7-9-18-16(24)14-2-1-8-17-14)20-12-3-5-13(6-4-12)22-11-10-19-21-22/h3-6,10-11,14,17H,1-2,7-9H2,(H,18,24)(H,20,23). The molecule has 0 radical (unpaired) electrons. The highest BCUT2D eigenvalue weighted by Crippen LogP contribution is 2.12. The van der Waals surface area contributed by atoms with Crippen LogP contribution in [0.15, 0.2) is 36.7 Å². The summed E-state index contributed by atoms with van der Waals surface area (Å²) in [4.78, 5) is 23.7. The number of nitrogens with one attached hydrogen (secondary N) is 3. The number of carbonyl (C=O) groups is 2. The van der Waals surface area contributed by atoms with E-state index < -0.39 is 0 Å². The number of benzene rings is 1. The highest BCUT2D eigenvalue weighted by atomic mass is 16.2. The topological polar surface area (TPSA) is 101 Å². The number of aromatic nitrogens is 3. The first-order valence-electron chi connectivity index (χ1n) is 8.00. The third kappa shape index (κ3) is 4.17. The molecule has 8 heteroatoms. The number of anilines is 1. The van der Waals surface area contributed by atoms with Crippen molar-refractivity contribution in [2.45, 2.75) is 25.3 Å². The van der Waals surface area contributed by atoms with Crippen LogP contribution in [0.5, 0.6) is 0 Å². The molecule has 3 N–H and O–H groups in total. The Hall–Kier alpha value is -2.74. The average molecular weight is 328 g/mol. The molecule has 1 aliphatic rings. The molecule has 0 saturated carbocycles. The molecule has 2 aromatic rings. The second kappa shape index (κ2) is 7.69. The van der Waals surface area contributed by atoms with Crippen LogP contribution in [-0.2, 0) is 9.59 Å². The number of amides is 2. The fourth-order valence-corrected chi connectivity index (χ4v) is 2.60. The van der Waals surface area contributed by atoms with Gasteiger partial charge in [0, 0.05) is 18.7 Å². The number of nitrogens with zero attached hydrogens (tertiary/aromatic N) is 3. The smallest absolute Gasteiger partial charge is 0.237 e.